The Hall–Kier alpha value is -3.79. The second kappa shape index (κ2) is 14.7. The molecule has 4 aromatic rings. The largest absolute Gasteiger partial charge is 0.416 e. The molecule has 11 heteroatoms. The Kier molecular flexibility index (Phi) is 10.8. The van der Waals surface area contributed by atoms with Crippen LogP contribution in [0, 0.1) is 23.3 Å². The van der Waals surface area contributed by atoms with Crippen molar-refractivity contribution in [2.75, 3.05) is 10.6 Å². The summed E-state index contributed by atoms with van der Waals surface area (Å²) in [6, 6.07) is 22.5. The average molecular weight is 562 g/mol. The second-order valence-corrected chi connectivity index (χ2v) is 9.31. The Bertz CT molecular complexity index is 1310. The van der Waals surface area contributed by atoms with Crippen molar-refractivity contribution in [3.8, 4) is 0 Å². The van der Waals surface area contributed by atoms with Gasteiger partial charge in [0, 0.05) is 23.5 Å². The van der Waals surface area contributed by atoms with Crippen LogP contribution < -0.4 is 21.6 Å². The van der Waals surface area contributed by atoms with Crippen LogP contribution in [0.3, 0.4) is 0 Å². The summed E-state index contributed by atoms with van der Waals surface area (Å²) < 4.78 is 69.9. The summed E-state index contributed by atoms with van der Waals surface area (Å²) in [5.74, 6) is -3.65. The molecule has 0 fully saturated rings. The molecule has 2 atom stereocenters. The van der Waals surface area contributed by atoms with Crippen molar-refractivity contribution in [3.05, 3.63) is 119 Å². The molecule has 0 aliphatic rings. The SMILES string of the molecule is CC(Nc1ccc(F)c(F)c1)O[B]c1ccc(COCc2ccc([B]OC(C)Nc3ccc(F)c(F)c3)cc2)cc1. The van der Waals surface area contributed by atoms with Crippen molar-refractivity contribution in [2.45, 2.75) is 39.5 Å². The predicted molar refractivity (Wildman–Crippen MR) is 153 cm³/mol. The van der Waals surface area contributed by atoms with E-state index in [1.165, 1.54) is 12.1 Å². The van der Waals surface area contributed by atoms with E-state index in [2.05, 4.69) is 10.6 Å². The highest BCUT2D eigenvalue weighted by atomic mass is 19.2. The zero-order valence-electron chi connectivity index (χ0n) is 22.5. The Balaban J connectivity index is 1.13. The fourth-order valence-electron chi connectivity index (χ4n) is 3.74. The highest BCUT2D eigenvalue weighted by Gasteiger charge is 2.09. The van der Waals surface area contributed by atoms with Gasteiger partial charge in [-0.05, 0) is 49.2 Å². The maximum absolute atomic E-state index is 13.3. The molecule has 0 heterocycles. The predicted octanol–water partition coefficient (Wildman–Crippen LogP) is 5.40. The molecule has 5 nitrogen and oxygen atoms in total. The average Bonchev–Trinajstić information content (AvgIpc) is 2.96. The highest BCUT2D eigenvalue weighted by molar-refractivity contribution is 6.47. The summed E-state index contributed by atoms with van der Waals surface area (Å²) in [5.41, 5.74) is 4.52. The molecular weight excluding hydrogens is 534 g/mol. The first kappa shape index (κ1) is 30.2. The van der Waals surface area contributed by atoms with Crippen molar-refractivity contribution in [2.24, 2.45) is 0 Å². The lowest BCUT2D eigenvalue weighted by Gasteiger charge is -2.16. The number of ether oxygens (including phenoxy) is 1. The first-order chi connectivity index (χ1) is 19.7. The minimum absolute atomic E-state index is 0.419. The first-order valence-corrected chi connectivity index (χ1v) is 12.9. The van der Waals surface area contributed by atoms with Gasteiger partial charge in [-0.3, -0.25) is 0 Å². The number of hydrogen-bond donors (Lipinski definition) is 2. The van der Waals surface area contributed by atoms with Crippen molar-refractivity contribution >= 4 is 37.3 Å². The van der Waals surface area contributed by atoms with E-state index in [-0.39, 0.29) is 0 Å². The zero-order chi connectivity index (χ0) is 29.2. The van der Waals surface area contributed by atoms with E-state index >= 15 is 0 Å². The van der Waals surface area contributed by atoms with E-state index in [1.807, 2.05) is 48.5 Å². The maximum Gasteiger partial charge on any atom is 0.332 e. The number of hydrogen-bond acceptors (Lipinski definition) is 5. The van der Waals surface area contributed by atoms with Gasteiger partial charge < -0.3 is 24.7 Å². The van der Waals surface area contributed by atoms with Gasteiger partial charge in [0.05, 0.1) is 13.2 Å². The molecule has 2 unspecified atom stereocenters. The van der Waals surface area contributed by atoms with E-state index in [0.29, 0.717) is 24.6 Å². The molecule has 2 N–H and O–H groups in total. The molecule has 0 aromatic heterocycles. The van der Waals surface area contributed by atoms with E-state index in [4.69, 9.17) is 14.0 Å². The van der Waals surface area contributed by atoms with Gasteiger partial charge in [0.15, 0.2) is 23.3 Å². The van der Waals surface area contributed by atoms with Gasteiger partial charge in [-0.1, -0.05) is 59.5 Å². The fourth-order valence-corrected chi connectivity index (χ4v) is 3.74. The lowest BCUT2D eigenvalue weighted by Crippen LogP contribution is -2.27. The van der Waals surface area contributed by atoms with Crippen LogP contribution in [0.5, 0.6) is 0 Å². The van der Waals surface area contributed by atoms with Gasteiger partial charge in [0.2, 0.25) is 0 Å². The van der Waals surface area contributed by atoms with E-state index in [0.717, 1.165) is 46.3 Å². The lowest BCUT2D eigenvalue weighted by atomic mass is 9.87. The summed E-state index contributed by atoms with van der Waals surface area (Å²) in [7, 11) is 3.17. The van der Waals surface area contributed by atoms with Crippen LogP contribution >= 0.6 is 0 Å². The Labute approximate surface area is 238 Å². The molecule has 41 heavy (non-hydrogen) atoms. The lowest BCUT2D eigenvalue weighted by molar-refractivity contribution is 0.107. The molecular formula is C30H28B2F4N2O3. The molecule has 0 saturated heterocycles. The van der Waals surface area contributed by atoms with Gasteiger partial charge in [-0.25, -0.2) is 17.6 Å². The van der Waals surface area contributed by atoms with Crippen LogP contribution in [0.1, 0.15) is 25.0 Å². The maximum atomic E-state index is 13.3. The van der Waals surface area contributed by atoms with E-state index < -0.39 is 35.7 Å². The second-order valence-electron chi connectivity index (χ2n) is 9.31. The summed E-state index contributed by atoms with van der Waals surface area (Å²) in [5, 5.41) is 5.90. The topological polar surface area (TPSA) is 51.8 Å². The third kappa shape index (κ3) is 9.67. The molecule has 4 aromatic carbocycles. The van der Waals surface area contributed by atoms with Gasteiger partial charge in [-0.15, -0.1) is 0 Å². The van der Waals surface area contributed by atoms with Gasteiger partial charge in [0.1, 0.15) is 12.5 Å². The quantitative estimate of drug-likeness (QED) is 0.123. The minimum atomic E-state index is -0.923. The Morgan fingerprint density at radius 2 is 0.951 bits per heavy atom. The van der Waals surface area contributed by atoms with Crippen LogP contribution in [-0.4, -0.2) is 27.4 Å². The molecule has 0 saturated carbocycles. The monoisotopic (exact) mass is 562 g/mol. The molecule has 2 radical (unpaired) electrons. The molecule has 0 aliphatic heterocycles. The van der Waals surface area contributed by atoms with Crippen molar-refractivity contribution < 1.29 is 31.6 Å². The fraction of sp³-hybridized carbons (Fsp3) is 0.200. The van der Waals surface area contributed by atoms with Crippen molar-refractivity contribution in [3.63, 3.8) is 0 Å². The smallest absolute Gasteiger partial charge is 0.332 e. The Morgan fingerprint density at radius 1 is 0.561 bits per heavy atom. The third-order valence-corrected chi connectivity index (χ3v) is 5.89. The molecule has 210 valence electrons. The number of benzene rings is 4. The number of anilines is 2. The van der Waals surface area contributed by atoms with Gasteiger partial charge in [0.25, 0.3) is 0 Å². The molecule has 0 amide bonds. The molecule has 0 bridgehead atoms. The molecule has 0 aliphatic carbocycles. The van der Waals surface area contributed by atoms with Gasteiger partial charge >= 0.3 is 15.0 Å². The van der Waals surface area contributed by atoms with Crippen LogP contribution in [0.15, 0.2) is 84.9 Å². The van der Waals surface area contributed by atoms with E-state index in [9.17, 15) is 17.6 Å². The van der Waals surface area contributed by atoms with Gasteiger partial charge in [-0.2, -0.15) is 0 Å². The summed E-state index contributed by atoms with van der Waals surface area (Å²) in [6.45, 7) is 4.38. The van der Waals surface area contributed by atoms with Crippen LogP contribution in [0.25, 0.3) is 0 Å². The first-order valence-electron chi connectivity index (χ1n) is 12.9. The zero-order valence-corrected chi connectivity index (χ0v) is 22.5. The number of halogens is 4. The van der Waals surface area contributed by atoms with E-state index in [1.54, 1.807) is 28.8 Å². The third-order valence-electron chi connectivity index (χ3n) is 5.89. The molecule has 4 rings (SSSR count). The number of rotatable bonds is 14. The highest BCUT2D eigenvalue weighted by Crippen LogP contribution is 2.15. The standard InChI is InChI=1S/C30H28B2F4N2O3/c1-19(37-25-11-13-27(33)29(35)15-25)40-31-23-7-3-21(4-8-23)17-39-18-22-5-9-24(10-6-22)32-41-20(2)38-26-12-14-28(34)30(36)16-26/h3-16,19-20,37-38H,17-18H2,1-2H3. The van der Waals surface area contributed by atoms with Crippen LogP contribution in [-0.2, 0) is 27.3 Å². The van der Waals surface area contributed by atoms with Crippen molar-refractivity contribution in [1.82, 2.24) is 0 Å². The Morgan fingerprint density at radius 3 is 1.32 bits per heavy atom. The summed E-state index contributed by atoms with van der Waals surface area (Å²) in [4.78, 5) is 0. The van der Waals surface area contributed by atoms with Crippen LogP contribution in [0.2, 0.25) is 0 Å². The summed E-state index contributed by atoms with van der Waals surface area (Å²) >= 11 is 0. The van der Waals surface area contributed by atoms with Crippen molar-refractivity contribution in [1.29, 1.82) is 0 Å². The summed E-state index contributed by atoms with van der Waals surface area (Å²) in [6.07, 6.45) is -0.906. The number of nitrogens with one attached hydrogen (secondary N) is 2. The normalized spacial score (nSPS) is 12.4. The minimum Gasteiger partial charge on any atom is -0.416 e. The van der Waals surface area contributed by atoms with Crippen LogP contribution in [0.4, 0.5) is 28.9 Å². The molecule has 0 spiro atoms.